The fourth-order valence-electron chi connectivity index (χ4n) is 2.20. The SMILES string of the molecule is O=S(=O)(C(F)(F)F)C(SC(S(=O)(=O)C(F)(F)F)(S(=O)(=O)C(F)(F)F)S(=O)(=O)C(F)(F)F)(S(=O)(=O)C(F)(F)F)S(=O)(=O)C(F)(F)F.[Li]. The summed E-state index contributed by atoms with van der Waals surface area (Å²) in [5.41, 5.74) is -52.0. The third kappa shape index (κ3) is 6.06. The molecule has 0 aromatic heterocycles. The minimum atomic E-state index is -10.4. The van der Waals surface area contributed by atoms with Gasteiger partial charge in [-0.15, -0.1) is 0 Å². The predicted octanol–water partition coefficient (Wildman–Crippen LogP) is 2.17. The minimum absolute atomic E-state index is 0. The van der Waals surface area contributed by atoms with E-state index in [1.807, 2.05) is 0 Å². The zero-order chi connectivity index (χ0) is 37.7. The van der Waals surface area contributed by atoms with Gasteiger partial charge in [0.2, 0.25) is 0 Å². The monoisotopic (exact) mass is 861 g/mol. The van der Waals surface area contributed by atoms with Crippen molar-refractivity contribution in [2.24, 2.45) is 0 Å². The molecule has 0 rings (SSSR count). The summed E-state index contributed by atoms with van der Waals surface area (Å²) in [5.74, 6) is 0. The van der Waals surface area contributed by atoms with Crippen molar-refractivity contribution >= 4 is 89.6 Å². The maximum absolute atomic E-state index is 13.4. The predicted molar refractivity (Wildman–Crippen MR) is 109 cm³/mol. The van der Waals surface area contributed by atoms with E-state index in [0.717, 1.165) is 0 Å². The number of alkyl halides is 18. The van der Waals surface area contributed by atoms with Gasteiger partial charge in [-0.25, -0.2) is 50.5 Å². The van der Waals surface area contributed by atoms with Gasteiger partial charge in [0, 0.05) is 18.9 Å². The van der Waals surface area contributed by atoms with E-state index in [0.29, 0.717) is 0 Å². The van der Waals surface area contributed by atoms with E-state index < -0.39 is 109 Å². The van der Waals surface area contributed by atoms with E-state index in [1.54, 1.807) is 0 Å². The summed E-state index contributed by atoms with van der Waals surface area (Å²) >= 11 is -5.36. The Morgan fingerprint density at radius 2 is 0.348 bits per heavy atom. The number of hydrogen-bond donors (Lipinski definition) is 0. The number of sulfone groups is 6. The van der Waals surface area contributed by atoms with E-state index in [2.05, 4.69) is 0 Å². The first-order chi connectivity index (χ1) is 18.7. The number of thioether (sulfide) groups is 1. The van der Waals surface area contributed by atoms with Crippen molar-refractivity contribution in [2.75, 3.05) is 0 Å². The molecule has 0 aromatic carbocycles. The molecular weight excluding hydrogens is 861 g/mol. The molecule has 0 bridgehead atoms. The Bertz CT molecular complexity index is 1500. The Morgan fingerprint density at radius 3 is 0.413 bits per heavy atom. The zero-order valence-electron chi connectivity index (χ0n) is 19.6. The van der Waals surface area contributed by atoms with Gasteiger partial charge in [-0.1, -0.05) is 0 Å². The Hall–Kier alpha value is -0.613. The van der Waals surface area contributed by atoms with Crippen LogP contribution in [0.1, 0.15) is 0 Å². The van der Waals surface area contributed by atoms with Crippen molar-refractivity contribution in [2.45, 2.75) is 38.5 Å². The van der Waals surface area contributed by atoms with Crippen LogP contribution in [0.3, 0.4) is 0 Å². The Kier molecular flexibility index (Phi) is 12.1. The van der Waals surface area contributed by atoms with Gasteiger partial charge in [-0.05, 0) is 11.8 Å². The number of halogens is 18. The molecule has 0 N–H and O–H groups in total. The first kappa shape index (κ1) is 47.5. The van der Waals surface area contributed by atoms with Crippen molar-refractivity contribution in [3.8, 4) is 0 Å². The molecule has 0 spiro atoms. The smallest absolute Gasteiger partial charge is 0.216 e. The van der Waals surface area contributed by atoms with Crippen LogP contribution in [-0.2, 0) is 59.0 Å². The summed E-state index contributed by atoms with van der Waals surface area (Å²) in [7, 11) is -62.3. The zero-order valence-corrected chi connectivity index (χ0v) is 25.3. The van der Waals surface area contributed by atoms with Crippen LogP contribution in [0, 0.1) is 0 Å². The molecule has 0 aliphatic carbocycles. The molecule has 0 aromatic rings. The van der Waals surface area contributed by atoms with Crippen molar-refractivity contribution in [1.82, 2.24) is 0 Å². The summed E-state index contributed by atoms with van der Waals surface area (Å²) < 4.78 is 365. The van der Waals surface area contributed by atoms with E-state index in [1.165, 1.54) is 0 Å². The fourth-order valence-corrected chi connectivity index (χ4v) is 22.5. The molecule has 0 atom stereocenters. The summed E-state index contributed by atoms with van der Waals surface area (Å²) in [6, 6.07) is 0. The van der Waals surface area contributed by atoms with Gasteiger partial charge in [0.25, 0.3) is 59.0 Å². The Morgan fingerprint density at radius 1 is 0.261 bits per heavy atom. The molecule has 38 heteroatoms. The van der Waals surface area contributed by atoms with Gasteiger partial charge >= 0.3 is 38.5 Å². The molecule has 0 unspecified atom stereocenters. The molecular formula is C8F18LiO12S7. The third-order valence-electron chi connectivity index (χ3n) is 4.05. The molecule has 273 valence electrons. The Balaban J connectivity index is 0. The summed E-state index contributed by atoms with van der Waals surface area (Å²) in [4.78, 5) is 0. The van der Waals surface area contributed by atoms with E-state index in [9.17, 15) is 130 Å². The Labute approximate surface area is 256 Å². The summed E-state index contributed by atoms with van der Waals surface area (Å²) in [5, 5.41) is 0. The van der Waals surface area contributed by atoms with Gasteiger partial charge in [-0.2, -0.15) is 79.0 Å². The van der Waals surface area contributed by atoms with Crippen LogP contribution in [-0.4, -0.2) is 108 Å². The number of rotatable bonds is 8. The molecule has 0 fully saturated rings. The van der Waals surface area contributed by atoms with Crippen LogP contribution >= 0.6 is 11.8 Å². The molecule has 0 aliphatic rings. The van der Waals surface area contributed by atoms with Gasteiger partial charge in [0.15, 0.2) is 0 Å². The van der Waals surface area contributed by atoms with Crippen LogP contribution in [0.25, 0.3) is 0 Å². The van der Waals surface area contributed by atoms with Crippen molar-refractivity contribution in [1.29, 1.82) is 0 Å². The van der Waals surface area contributed by atoms with Crippen molar-refractivity contribution < 1.29 is 130 Å². The molecule has 46 heavy (non-hydrogen) atoms. The molecule has 0 aliphatic heterocycles. The standard InChI is InChI=1S/C8F18O12S7.Li/c9-1(10,11)40(27,28)7(41(29,30)2(12,13)14,42(31,32)3(15,16)17)39-8(43(33,34)4(18,19)20,44(35,36)5(21,22)23)45(37,38)6(24,25)26;. The van der Waals surface area contributed by atoms with E-state index in [4.69, 9.17) is 0 Å². The molecule has 0 saturated carbocycles. The van der Waals surface area contributed by atoms with Crippen molar-refractivity contribution in [3.63, 3.8) is 0 Å². The van der Waals surface area contributed by atoms with Crippen LogP contribution in [0.15, 0.2) is 0 Å². The average molecular weight is 861 g/mol. The van der Waals surface area contributed by atoms with Crippen LogP contribution in [0.4, 0.5) is 79.0 Å². The van der Waals surface area contributed by atoms with Gasteiger partial charge < -0.3 is 0 Å². The average Bonchev–Trinajstić information content (AvgIpc) is 2.68. The maximum atomic E-state index is 13.4. The molecule has 12 nitrogen and oxygen atoms in total. The summed E-state index contributed by atoms with van der Waals surface area (Å²) in [6.07, 6.45) is 0. The third-order valence-corrected chi connectivity index (χ3v) is 25.5. The van der Waals surface area contributed by atoms with E-state index in [-0.39, 0.29) is 18.9 Å². The summed E-state index contributed by atoms with van der Waals surface area (Å²) in [6.45, 7) is 0. The van der Waals surface area contributed by atoms with Crippen LogP contribution in [0.5, 0.6) is 0 Å². The largest absolute Gasteiger partial charge is 0.500 e. The molecule has 0 heterocycles. The maximum Gasteiger partial charge on any atom is 0.500 e. The molecule has 1 radical (unpaired) electrons. The topological polar surface area (TPSA) is 205 Å². The van der Waals surface area contributed by atoms with Gasteiger partial charge in [0.05, 0.1) is 0 Å². The van der Waals surface area contributed by atoms with Gasteiger partial charge in [-0.3, -0.25) is 0 Å². The quantitative estimate of drug-likeness (QED) is 0.254. The van der Waals surface area contributed by atoms with Gasteiger partial charge in [0.1, 0.15) is 0 Å². The second-order valence-corrected chi connectivity index (χ2v) is 23.8. The minimum Gasteiger partial charge on any atom is -0.216 e. The second-order valence-electron chi connectivity index (χ2n) is 6.80. The fraction of sp³-hybridized carbons (Fsp3) is 1.00. The normalized spacial score (nSPS) is 16.6. The van der Waals surface area contributed by atoms with Crippen LogP contribution < -0.4 is 0 Å². The second kappa shape index (κ2) is 11.7. The number of hydrogen-bond acceptors (Lipinski definition) is 13. The first-order valence-electron chi connectivity index (χ1n) is 8.26. The van der Waals surface area contributed by atoms with E-state index >= 15 is 0 Å². The molecule has 0 amide bonds. The van der Waals surface area contributed by atoms with Crippen LogP contribution in [0.2, 0.25) is 0 Å². The van der Waals surface area contributed by atoms with Crippen molar-refractivity contribution in [3.05, 3.63) is 0 Å². The first-order valence-corrected chi connectivity index (χ1v) is 18.0. The molecule has 0 saturated heterocycles.